The Labute approximate surface area is 97.9 Å². The van der Waals surface area contributed by atoms with E-state index in [0.717, 1.165) is 26.1 Å². The van der Waals surface area contributed by atoms with Crippen molar-refractivity contribution in [1.29, 1.82) is 0 Å². The van der Waals surface area contributed by atoms with E-state index in [4.69, 9.17) is 9.47 Å². The number of ether oxygens (including phenoxy) is 2. The number of hydrogen-bond acceptors (Lipinski definition) is 3. The fraction of sp³-hybridized carbons (Fsp3) is 0.917. The molecule has 0 aromatic rings. The predicted octanol–water partition coefficient (Wildman–Crippen LogP) is 2.42. The molecule has 0 unspecified atom stereocenters. The summed E-state index contributed by atoms with van der Waals surface area (Å²) in [6, 6.07) is 0.272. The molecule has 0 aromatic carbocycles. The van der Waals surface area contributed by atoms with Gasteiger partial charge in [0.05, 0.1) is 0 Å². The van der Waals surface area contributed by atoms with Crippen molar-refractivity contribution in [3.05, 3.63) is 0 Å². The molecular weight excluding hydrogens is 206 g/mol. The van der Waals surface area contributed by atoms with Crippen molar-refractivity contribution >= 4 is 6.09 Å². The second-order valence-electron chi connectivity index (χ2n) is 5.11. The van der Waals surface area contributed by atoms with E-state index in [1.54, 1.807) is 0 Å². The molecule has 16 heavy (non-hydrogen) atoms. The quantitative estimate of drug-likeness (QED) is 0.730. The SMILES string of the molecule is CCN(C(=O)OC(C)(C)C)C1CCOCC1. The molecule has 0 bridgehead atoms. The fourth-order valence-corrected chi connectivity index (χ4v) is 1.85. The zero-order valence-electron chi connectivity index (χ0n) is 10.8. The number of nitrogens with zero attached hydrogens (tertiary/aromatic N) is 1. The summed E-state index contributed by atoms with van der Waals surface area (Å²) in [7, 11) is 0. The van der Waals surface area contributed by atoms with Crippen molar-refractivity contribution in [2.24, 2.45) is 0 Å². The Kier molecular flexibility index (Phi) is 4.59. The largest absolute Gasteiger partial charge is 0.444 e. The molecule has 0 spiro atoms. The highest BCUT2D eigenvalue weighted by Crippen LogP contribution is 2.17. The van der Waals surface area contributed by atoms with E-state index in [1.165, 1.54) is 0 Å². The third-order valence-corrected chi connectivity index (χ3v) is 2.60. The minimum Gasteiger partial charge on any atom is -0.444 e. The maximum atomic E-state index is 12.0. The van der Waals surface area contributed by atoms with Crippen molar-refractivity contribution in [2.45, 2.75) is 52.2 Å². The molecule has 1 aliphatic rings. The molecule has 0 atom stereocenters. The molecule has 4 nitrogen and oxygen atoms in total. The van der Waals surface area contributed by atoms with Gasteiger partial charge in [0, 0.05) is 25.8 Å². The van der Waals surface area contributed by atoms with Crippen LogP contribution in [0.25, 0.3) is 0 Å². The Bertz CT molecular complexity index is 229. The van der Waals surface area contributed by atoms with E-state index in [9.17, 15) is 4.79 Å². The molecule has 1 fully saturated rings. The molecule has 1 heterocycles. The van der Waals surface area contributed by atoms with Crippen molar-refractivity contribution in [2.75, 3.05) is 19.8 Å². The van der Waals surface area contributed by atoms with Crippen molar-refractivity contribution in [3.63, 3.8) is 0 Å². The second kappa shape index (κ2) is 5.53. The third kappa shape index (κ3) is 4.00. The summed E-state index contributed by atoms with van der Waals surface area (Å²) < 4.78 is 10.7. The van der Waals surface area contributed by atoms with Crippen LogP contribution in [0.5, 0.6) is 0 Å². The minimum atomic E-state index is -0.421. The molecule has 0 saturated carbocycles. The number of amides is 1. The summed E-state index contributed by atoms with van der Waals surface area (Å²) in [4.78, 5) is 13.8. The molecule has 0 N–H and O–H groups in total. The van der Waals surface area contributed by atoms with E-state index in [-0.39, 0.29) is 12.1 Å². The van der Waals surface area contributed by atoms with Crippen LogP contribution in [0.4, 0.5) is 4.79 Å². The Morgan fingerprint density at radius 1 is 1.38 bits per heavy atom. The number of hydrogen-bond donors (Lipinski definition) is 0. The van der Waals surface area contributed by atoms with E-state index in [1.807, 2.05) is 32.6 Å². The normalized spacial score (nSPS) is 18.2. The summed E-state index contributed by atoms with van der Waals surface area (Å²) in [5.74, 6) is 0. The average Bonchev–Trinajstić information content (AvgIpc) is 2.17. The summed E-state index contributed by atoms with van der Waals surface area (Å²) in [5.41, 5.74) is -0.421. The first kappa shape index (κ1) is 13.3. The summed E-state index contributed by atoms with van der Waals surface area (Å²) >= 11 is 0. The highest BCUT2D eigenvalue weighted by atomic mass is 16.6. The molecule has 1 aliphatic heterocycles. The van der Waals surface area contributed by atoms with Gasteiger partial charge in [-0.25, -0.2) is 4.79 Å². The molecule has 0 aliphatic carbocycles. The molecule has 1 rings (SSSR count). The number of rotatable bonds is 2. The lowest BCUT2D eigenvalue weighted by Crippen LogP contribution is -2.45. The van der Waals surface area contributed by atoms with Crippen LogP contribution < -0.4 is 0 Å². The molecular formula is C12H23NO3. The lowest BCUT2D eigenvalue weighted by atomic mass is 10.1. The molecule has 1 saturated heterocycles. The maximum absolute atomic E-state index is 12.0. The van der Waals surface area contributed by atoms with Crippen LogP contribution in [0.15, 0.2) is 0 Å². The van der Waals surface area contributed by atoms with Gasteiger partial charge >= 0.3 is 6.09 Å². The van der Waals surface area contributed by atoms with E-state index in [2.05, 4.69) is 0 Å². The van der Waals surface area contributed by atoms with Crippen LogP contribution in [0.3, 0.4) is 0 Å². The summed E-state index contributed by atoms with van der Waals surface area (Å²) in [5, 5.41) is 0. The highest BCUT2D eigenvalue weighted by Gasteiger charge is 2.28. The lowest BCUT2D eigenvalue weighted by molar-refractivity contribution is -0.00404. The average molecular weight is 229 g/mol. The first-order chi connectivity index (χ1) is 7.44. The maximum Gasteiger partial charge on any atom is 0.410 e. The van der Waals surface area contributed by atoms with Crippen LogP contribution in [0.1, 0.15) is 40.5 Å². The Morgan fingerprint density at radius 3 is 2.38 bits per heavy atom. The van der Waals surface area contributed by atoms with Crippen LogP contribution >= 0.6 is 0 Å². The first-order valence-corrected chi connectivity index (χ1v) is 6.01. The molecule has 0 aromatic heterocycles. The molecule has 4 heteroatoms. The fourth-order valence-electron chi connectivity index (χ4n) is 1.85. The molecule has 0 radical (unpaired) electrons. The predicted molar refractivity (Wildman–Crippen MR) is 62.5 cm³/mol. The van der Waals surface area contributed by atoms with E-state index < -0.39 is 5.60 Å². The Morgan fingerprint density at radius 2 is 1.94 bits per heavy atom. The monoisotopic (exact) mass is 229 g/mol. The van der Waals surface area contributed by atoms with E-state index in [0.29, 0.717) is 6.54 Å². The standard InChI is InChI=1S/C12H23NO3/c1-5-13(10-6-8-15-9-7-10)11(14)16-12(2,3)4/h10H,5-9H2,1-4H3. The Hall–Kier alpha value is -0.770. The number of carbonyl (C=O) groups excluding carboxylic acids is 1. The summed E-state index contributed by atoms with van der Waals surface area (Å²) in [6.45, 7) is 9.83. The van der Waals surface area contributed by atoms with Gasteiger partial charge < -0.3 is 14.4 Å². The van der Waals surface area contributed by atoms with E-state index >= 15 is 0 Å². The molecule has 94 valence electrons. The van der Waals surface area contributed by atoms with Gasteiger partial charge in [-0.15, -0.1) is 0 Å². The first-order valence-electron chi connectivity index (χ1n) is 6.01. The molecule has 1 amide bonds. The lowest BCUT2D eigenvalue weighted by Gasteiger charge is -2.34. The zero-order valence-corrected chi connectivity index (χ0v) is 10.8. The van der Waals surface area contributed by atoms with Gasteiger partial charge in [-0.2, -0.15) is 0 Å². The smallest absolute Gasteiger partial charge is 0.410 e. The van der Waals surface area contributed by atoms with Gasteiger partial charge in [-0.05, 0) is 40.5 Å². The zero-order chi connectivity index (χ0) is 12.2. The van der Waals surface area contributed by atoms with Crippen molar-refractivity contribution < 1.29 is 14.3 Å². The van der Waals surface area contributed by atoms with Crippen LogP contribution in [-0.4, -0.2) is 42.4 Å². The van der Waals surface area contributed by atoms with Gasteiger partial charge in [0.2, 0.25) is 0 Å². The van der Waals surface area contributed by atoms with Crippen molar-refractivity contribution in [3.8, 4) is 0 Å². The topological polar surface area (TPSA) is 38.8 Å². The second-order valence-corrected chi connectivity index (χ2v) is 5.11. The van der Waals surface area contributed by atoms with Gasteiger partial charge in [0.25, 0.3) is 0 Å². The van der Waals surface area contributed by atoms with Crippen LogP contribution in [-0.2, 0) is 9.47 Å². The number of carbonyl (C=O) groups is 1. The minimum absolute atomic E-state index is 0.207. The van der Waals surface area contributed by atoms with Gasteiger partial charge in [-0.3, -0.25) is 0 Å². The van der Waals surface area contributed by atoms with Crippen molar-refractivity contribution in [1.82, 2.24) is 4.90 Å². The van der Waals surface area contributed by atoms with Crippen LogP contribution in [0.2, 0.25) is 0 Å². The Balaban J connectivity index is 2.55. The highest BCUT2D eigenvalue weighted by molar-refractivity contribution is 5.68. The van der Waals surface area contributed by atoms with Gasteiger partial charge in [-0.1, -0.05) is 0 Å². The van der Waals surface area contributed by atoms with Gasteiger partial charge in [0.1, 0.15) is 5.60 Å². The third-order valence-electron chi connectivity index (χ3n) is 2.60. The van der Waals surface area contributed by atoms with Crippen LogP contribution in [0, 0.1) is 0 Å². The van der Waals surface area contributed by atoms with Gasteiger partial charge in [0.15, 0.2) is 0 Å². The summed E-state index contributed by atoms with van der Waals surface area (Å²) in [6.07, 6.45) is 1.61.